The third-order valence-electron chi connectivity index (χ3n) is 2.98. The number of hydrogen-bond donors (Lipinski definition) is 1. The molecule has 1 N–H and O–H groups in total. The maximum absolute atomic E-state index is 12.1. The van der Waals surface area contributed by atoms with Crippen LogP contribution in [0.2, 0.25) is 0 Å². The predicted molar refractivity (Wildman–Crippen MR) is 70.7 cm³/mol. The molecule has 1 aromatic rings. The molecule has 1 rings (SSSR count). The number of methoxy groups -OCH3 is 1. The molecule has 0 aliphatic heterocycles. The first-order chi connectivity index (χ1) is 9.43. The summed E-state index contributed by atoms with van der Waals surface area (Å²) in [4.78, 5) is 12.0. The Morgan fingerprint density at radius 2 is 1.95 bits per heavy atom. The summed E-state index contributed by atoms with van der Waals surface area (Å²) >= 11 is 0. The van der Waals surface area contributed by atoms with E-state index in [1.54, 1.807) is 19.1 Å². The minimum Gasteiger partial charge on any atom is -0.467 e. The van der Waals surface area contributed by atoms with Crippen LogP contribution in [-0.4, -0.2) is 26.2 Å². The number of nitrogens with one attached hydrogen (secondary N) is 1. The second-order valence-corrected chi connectivity index (χ2v) is 4.45. The van der Waals surface area contributed by atoms with E-state index in [0.29, 0.717) is 12.1 Å². The van der Waals surface area contributed by atoms with E-state index in [0.717, 1.165) is 6.42 Å². The number of alkyl halides is 2. The van der Waals surface area contributed by atoms with E-state index in [1.165, 1.54) is 19.2 Å². The van der Waals surface area contributed by atoms with Gasteiger partial charge in [-0.2, -0.15) is 8.78 Å². The second-order valence-electron chi connectivity index (χ2n) is 4.45. The largest absolute Gasteiger partial charge is 0.467 e. The van der Waals surface area contributed by atoms with E-state index < -0.39 is 18.1 Å². The zero-order valence-corrected chi connectivity index (χ0v) is 11.8. The van der Waals surface area contributed by atoms with Gasteiger partial charge in [0.1, 0.15) is 11.3 Å². The van der Waals surface area contributed by atoms with E-state index in [-0.39, 0.29) is 5.75 Å². The van der Waals surface area contributed by atoms with Gasteiger partial charge in [-0.25, -0.2) is 4.79 Å². The highest BCUT2D eigenvalue weighted by atomic mass is 19.3. The lowest BCUT2D eigenvalue weighted by molar-refractivity contribution is -0.148. The number of carbonyl (C=O) groups is 1. The van der Waals surface area contributed by atoms with Gasteiger partial charge in [-0.3, -0.25) is 5.32 Å². The Hall–Kier alpha value is -1.69. The van der Waals surface area contributed by atoms with Crippen LogP contribution in [0.5, 0.6) is 5.75 Å². The summed E-state index contributed by atoms with van der Waals surface area (Å²) in [5.41, 5.74) is -0.395. The summed E-state index contributed by atoms with van der Waals surface area (Å²) in [5.74, 6) is -0.389. The van der Waals surface area contributed by atoms with Crippen molar-refractivity contribution in [2.45, 2.75) is 32.4 Å². The molecule has 0 amide bonds. The molecule has 0 aromatic heterocycles. The zero-order chi connectivity index (χ0) is 15.2. The van der Waals surface area contributed by atoms with Gasteiger partial charge in [0.2, 0.25) is 0 Å². The van der Waals surface area contributed by atoms with Crippen molar-refractivity contribution in [3.05, 3.63) is 29.8 Å². The highest BCUT2D eigenvalue weighted by molar-refractivity contribution is 5.82. The molecule has 0 saturated heterocycles. The van der Waals surface area contributed by atoms with Gasteiger partial charge in [0.05, 0.1) is 7.11 Å². The average molecular weight is 287 g/mol. The Bertz CT molecular complexity index is 437. The van der Waals surface area contributed by atoms with E-state index in [1.807, 2.05) is 6.92 Å². The first-order valence-electron chi connectivity index (χ1n) is 6.32. The number of benzene rings is 1. The minimum atomic E-state index is -2.87. The van der Waals surface area contributed by atoms with Crippen molar-refractivity contribution >= 4 is 5.97 Å². The first-order valence-corrected chi connectivity index (χ1v) is 6.32. The van der Waals surface area contributed by atoms with Crippen LogP contribution in [0.25, 0.3) is 0 Å². The third-order valence-corrected chi connectivity index (χ3v) is 2.98. The van der Waals surface area contributed by atoms with Crippen molar-refractivity contribution in [3.8, 4) is 5.75 Å². The molecule has 20 heavy (non-hydrogen) atoms. The van der Waals surface area contributed by atoms with Crippen LogP contribution in [0, 0.1) is 0 Å². The molecule has 0 bridgehead atoms. The molecule has 0 aliphatic rings. The molecule has 0 fully saturated rings. The summed E-state index contributed by atoms with van der Waals surface area (Å²) in [6, 6.07) is 5.93. The van der Waals surface area contributed by atoms with Crippen molar-refractivity contribution in [3.63, 3.8) is 0 Å². The Labute approximate surface area is 117 Å². The number of rotatable bonds is 7. The Kier molecular flexibility index (Phi) is 5.88. The maximum atomic E-state index is 12.1. The first kappa shape index (κ1) is 16.4. The van der Waals surface area contributed by atoms with Crippen molar-refractivity contribution in [2.24, 2.45) is 0 Å². The van der Waals surface area contributed by atoms with Crippen molar-refractivity contribution in [1.29, 1.82) is 0 Å². The highest BCUT2D eigenvalue weighted by Crippen LogP contribution is 2.25. The highest BCUT2D eigenvalue weighted by Gasteiger charge is 2.35. The zero-order valence-electron chi connectivity index (χ0n) is 11.8. The number of ether oxygens (including phenoxy) is 2. The molecule has 0 spiro atoms. The lowest BCUT2D eigenvalue weighted by Crippen LogP contribution is -2.47. The normalized spacial score (nSPS) is 13.9. The monoisotopic (exact) mass is 287 g/mol. The van der Waals surface area contributed by atoms with Gasteiger partial charge in [-0.15, -0.1) is 0 Å². The number of halogens is 2. The van der Waals surface area contributed by atoms with Gasteiger partial charge in [0.25, 0.3) is 0 Å². The molecule has 1 aromatic carbocycles. The SMILES string of the molecule is CCCNC(C)(C(=O)OC)c1ccc(OC(F)F)cc1. The van der Waals surface area contributed by atoms with Crippen molar-refractivity contribution < 1.29 is 23.0 Å². The fourth-order valence-corrected chi connectivity index (χ4v) is 1.84. The van der Waals surface area contributed by atoms with E-state index in [9.17, 15) is 13.6 Å². The predicted octanol–water partition coefficient (Wildman–Crippen LogP) is 2.68. The molecular weight excluding hydrogens is 268 g/mol. The van der Waals surface area contributed by atoms with Crippen LogP contribution in [0.15, 0.2) is 24.3 Å². The number of hydrogen-bond acceptors (Lipinski definition) is 4. The van der Waals surface area contributed by atoms with Crippen LogP contribution in [0.1, 0.15) is 25.8 Å². The van der Waals surface area contributed by atoms with Gasteiger partial charge in [-0.05, 0) is 37.6 Å². The van der Waals surface area contributed by atoms with E-state index in [4.69, 9.17) is 4.74 Å². The molecule has 0 heterocycles. The van der Waals surface area contributed by atoms with Gasteiger partial charge in [-0.1, -0.05) is 19.1 Å². The summed E-state index contributed by atoms with van der Waals surface area (Å²) < 4.78 is 33.3. The van der Waals surface area contributed by atoms with Crippen LogP contribution >= 0.6 is 0 Å². The molecule has 4 nitrogen and oxygen atoms in total. The molecule has 0 radical (unpaired) electrons. The van der Waals surface area contributed by atoms with Crippen LogP contribution in [0.3, 0.4) is 0 Å². The molecular formula is C14H19F2NO3. The Morgan fingerprint density at radius 3 is 2.40 bits per heavy atom. The second kappa shape index (κ2) is 7.19. The van der Waals surface area contributed by atoms with Gasteiger partial charge in [0, 0.05) is 0 Å². The van der Waals surface area contributed by atoms with Crippen LogP contribution in [-0.2, 0) is 15.1 Å². The van der Waals surface area contributed by atoms with Gasteiger partial charge in [0.15, 0.2) is 0 Å². The number of carbonyl (C=O) groups excluding carboxylic acids is 1. The lowest BCUT2D eigenvalue weighted by Gasteiger charge is -2.28. The minimum absolute atomic E-state index is 0.0476. The van der Waals surface area contributed by atoms with Crippen molar-refractivity contribution in [1.82, 2.24) is 5.32 Å². The molecule has 112 valence electrons. The third kappa shape index (κ3) is 3.90. The maximum Gasteiger partial charge on any atom is 0.387 e. The fraction of sp³-hybridized carbons (Fsp3) is 0.500. The van der Waals surface area contributed by atoms with Gasteiger partial charge >= 0.3 is 12.6 Å². The Balaban J connectivity index is 2.99. The standard InChI is InChI=1S/C14H19F2NO3/c1-4-9-17-14(2,12(18)19-3)10-5-7-11(8-6-10)20-13(15)16/h5-8,13,17H,4,9H2,1-3H3. The van der Waals surface area contributed by atoms with Crippen LogP contribution in [0.4, 0.5) is 8.78 Å². The quantitative estimate of drug-likeness (QED) is 0.783. The molecule has 1 atom stereocenters. The molecule has 0 saturated carbocycles. The smallest absolute Gasteiger partial charge is 0.387 e. The summed E-state index contributed by atoms with van der Waals surface area (Å²) in [6.45, 7) is 1.42. The number of esters is 1. The fourth-order valence-electron chi connectivity index (χ4n) is 1.84. The topological polar surface area (TPSA) is 47.6 Å². The lowest BCUT2D eigenvalue weighted by atomic mass is 9.91. The van der Waals surface area contributed by atoms with Crippen LogP contribution < -0.4 is 10.1 Å². The van der Waals surface area contributed by atoms with E-state index >= 15 is 0 Å². The molecule has 1 unspecified atom stereocenters. The summed E-state index contributed by atoms with van der Waals surface area (Å²) in [6.07, 6.45) is 0.846. The average Bonchev–Trinajstić information content (AvgIpc) is 2.44. The Morgan fingerprint density at radius 1 is 1.35 bits per heavy atom. The van der Waals surface area contributed by atoms with Crippen molar-refractivity contribution in [2.75, 3.05) is 13.7 Å². The summed E-state index contributed by atoms with van der Waals surface area (Å²) in [5, 5.41) is 3.11. The van der Waals surface area contributed by atoms with Gasteiger partial charge < -0.3 is 9.47 Å². The molecule has 0 aliphatic carbocycles. The molecule has 6 heteroatoms. The summed E-state index contributed by atoms with van der Waals surface area (Å²) in [7, 11) is 1.31. The van der Waals surface area contributed by atoms with E-state index in [2.05, 4.69) is 10.1 Å².